The minimum atomic E-state index is -4.39. The van der Waals surface area contributed by atoms with E-state index in [2.05, 4.69) is 25.2 Å². The van der Waals surface area contributed by atoms with Gasteiger partial charge in [-0.05, 0) is 51.9 Å². The molecule has 0 spiro atoms. The SMILES string of the molecule is CC1(C)CC(=O)C2=C(C1)c1c(ccc3ccccc13)N[C@H]2c1ccc(C(F)(F)F)cc1. The molecule has 5 heteroatoms. The van der Waals surface area contributed by atoms with Crippen molar-refractivity contribution in [3.05, 3.63) is 82.9 Å². The molecular formula is C26H22F3NO. The van der Waals surface area contributed by atoms with Gasteiger partial charge in [0.1, 0.15) is 0 Å². The van der Waals surface area contributed by atoms with Crippen LogP contribution in [0.2, 0.25) is 0 Å². The molecule has 0 aromatic heterocycles. The smallest absolute Gasteiger partial charge is 0.373 e. The number of allylic oxidation sites excluding steroid dienone is 1. The molecule has 1 N–H and O–H groups in total. The Hall–Kier alpha value is -3.08. The summed E-state index contributed by atoms with van der Waals surface area (Å²) >= 11 is 0. The highest BCUT2D eigenvalue weighted by Gasteiger charge is 2.41. The average molecular weight is 421 g/mol. The molecule has 158 valence electrons. The zero-order valence-electron chi connectivity index (χ0n) is 17.3. The molecule has 1 heterocycles. The molecule has 1 atom stereocenters. The highest BCUT2D eigenvalue weighted by Crippen LogP contribution is 2.52. The molecule has 1 aliphatic carbocycles. The quantitative estimate of drug-likeness (QED) is 0.451. The van der Waals surface area contributed by atoms with Gasteiger partial charge in [0.2, 0.25) is 0 Å². The lowest BCUT2D eigenvalue weighted by Gasteiger charge is -2.40. The Balaban J connectivity index is 1.72. The van der Waals surface area contributed by atoms with E-state index < -0.39 is 17.8 Å². The summed E-state index contributed by atoms with van der Waals surface area (Å²) in [6, 6.07) is 16.8. The van der Waals surface area contributed by atoms with Gasteiger partial charge in [-0.25, -0.2) is 0 Å². The molecule has 0 fully saturated rings. The molecule has 3 aromatic carbocycles. The van der Waals surface area contributed by atoms with Crippen molar-refractivity contribution in [2.75, 3.05) is 5.32 Å². The second kappa shape index (κ2) is 6.71. The maximum atomic E-state index is 13.3. The molecule has 31 heavy (non-hydrogen) atoms. The van der Waals surface area contributed by atoms with E-state index in [9.17, 15) is 18.0 Å². The van der Waals surface area contributed by atoms with Gasteiger partial charge in [0.15, 0.2) is 5.78 Å². The summed E-state index contributed by atoms with van der Waals surface area (Å²) in [6.07, 6.45) is -3.22. The van der Waals surface area contributed by atoms with Crippen molar-refractivity contribution >= 4 is 27.8 Å². The number of rotatable bonds is 1. The van der Waals surface area contributed by atoms with Crippen molar-refractivity contribution in [1.29, 1.82) is 0 Å². The van der Waals surface area contributed by atoms with Crippen molar-refractivity contribution in [3.8, 4) is 0 Å². The van der Waals surface area contributed by atoms with Crippen LogP contribution >= 0.6 is 0 Å². The molecule has 2 aliphatic rings. The minimum Gasteiger partial charge on any atom is -0.373 e. The lowest BCUT2D eigenvalue weighted by Crippen LogP contribution is -2.33. The lowest BCUT2D eigenvalue weighted by molar-refractivity contribution is -0.137. The topological polar surface area (TPSA) is 29.1 Å². The van der Waals surface area contributed by atoms with Gasteiger partial charge in [0.25, 0.3) is 0 Å². The van der Waals surface area contributed by atoms with Gasteiger partial charge in [-0.2, -0.15) is 13.2 Å². The van der Waals surface area contributed by atoms with Gasteiger partial charge in [-0.1, -0.05) is 56.3 Å². The van der Waals surface area contributed by atoms with Gasteiger partial charge >= 0.3 is 6.18 Å². The summed E-state index contributed by atoms with van der Waals surface area (Å²) in [5.41, 5.74) is 3.44. The van der Waals surface area contributed by atoms with Crippen LogP contribution in [0.1, 0.15) is 49.4 Å². The number of benzene rings is 3. The maximum absolute atomic E-state index is 13.3. The Bertz CT molecular complexity index is 1240. The van der Waals surface area contributed by atoms with Crippen molar-refractivity contribution in [2.24, 2.45) is 5.41 Å². The van der Waals surface area contributed by atoms with Crippen LogP contribution in [-0.2, 0) is 11.0 Å². The number of ketones is 1. The average Bonchev–Trinajstić information content (AvgIpc) is 2.71. The van der Waals surface area contributed by atoms with Crippen LogP contribution < -0.4 is 5.32 Å². The monoisotopic (exact) mass is 421 g/mol. The predicted octanol–water partition coefficient (Wildman–Crippen LogP) is 7.17. The number of carbonyl (C=O) groups is 1. The van der Waals surface area contributed by atoms with E-state index in [-0.39, 0.29) is 11.2 Å². The van der Waals surface area contributed by atoms with E-state index in [1.54, 1.807) is 0 Å². The third-order valence-corrected chi connectivity index (χ3v) is 6.31. The lowest BCUT2D eigenvalue weighted by atomic mass is 9.68. The first-order valence-electron chi connectivity index (χ1n) is 10.4. The number of Topliss-reactive ketones (excluding diaryl/α,β-unsaturated/α-hetero) is 1. The number of carbonyl (C=O) groups excluding carboxylic acids is 1. The molecule has 0 saturated carbocycles. The molecule has 0 bridgehead atoms. The number of hydrogen-bond donors (Lipinski definition) is 1. The van der Waals surface area contributed by atoms with Crippen LogP contribution in [0.15, 0.2) is 66.2 Å². The Morgan fingerprint density at radius 3 is 2.35 bits per heavy atom. The molecular weight excluding hydrogens is 399 g/mol. The van der Waals surface area contributed by atoms with Crippen LogP contribution in [0.4, 0.5) is 18.9 Å². The van der Waals surface area contributed by atoms with E-state index in [1.807, 2.05) is 30.3 Å². The van der Waals surface area contributed by atoms with E-state index >= 15 is 0 Å². The molecule has 1 aliphatic heterocycles. The van der Waals surface area contributed by atoms with Crippen molar-refractivity contribution in [1.82, 2.24) is 0 Å². The van der Waals surface area contributed by atoms with Gasteiger partial charge in [0.05, 0.1) is 11.6 Å². The largest absolute Gasteiger partial charge is 0.416 e. The zero-order chi connectivity index (χ0) is 22.0. The summed E-state index contributed by atoms with van der Waals surface area (Å²) in [5, 5.41) is 5.64. The Labute approximate surface area is 178 Å². The van der Waals surface area contributed by atoms with Crippen LogP contribution in [0.3, 0.4) is 0 Å². The number of fused-ring (bicyclic) bond motifs is 4. The normalized spacial score (nSPS) is 20.3. The second-order valence-electron chi connectivity index (χ2n) is 9.24. The van der Waals surface area contributed by atoms with Crippen LogP contribution in [-0.4, -0.2) is 5.78 Å². The Morgan fingerprint density at radius 2 is 1.65 bits per heavy atom. The first kappa shape index (κ1) is 19.9. The van der Waals surface area contributed by atoms with Crippen molar-refractivity contribution in [3.63, 3.8) is 0 Å². The number of anilines is 1. The number of alkyl halides is 3. The molecule has 3 aromatic rings. The number of nitrogens with one attached hydrogen (secondary N) is 1. The van der Waals surface area contributed by atoms with E-state index in [4.69, 9.17) is 0 Å². The predicted molar refractivity (Wildman–Crippen MR) is 117 cm³/mol. The summed E-state index contributed by atoms with van der Waals surface area (Å²) in [6.45, 7) is 4.18. The van der Waals surface area contributed by atoms with Crippen LogP contribution in [0, 0.1) is 5.41 Å². The molecule has 5 rings (SSSR count). The van der Waals surface area contributed by atoms with Crippen molar-refractivity contribution < 1.29 is 18.0 Å². The number of halogens is 3. The van der Waals surface area contributed by atoms with Crippen LogP contribution in [0.25, 0.3) is 16.3 Å². The molecule has 0 unspecified atom stereocenters. The van der Waals surface area contributed by atoms with Crippen molar-refractivity contribution in [2.45, 2.75) is 38.9 Å². The standard InChI is InChI=1S/C26H22F3NO/c1-25(2)13-19-22-18-6-4-3-5-15(18)9-12-20(22)30-24(23(19)21(31)14-25)16-7-10-17(11-8-16)26(27,28)29/h3-12,24,30H,13-14H2,1-2H3/t24-/m0/s1. The molecule has 0 amide bonds. The van der Waals surface area contributed by atoms with Gasteiger partial charge in [-0.15, -0.1) is 0 Å². The van der Waals surface area contributed by atoms with Gasteiger partial charge in [0, 0.05) is 23.2 Å². The first-order chi connectivity index (χ1) is 14.6. The van der Waals surface area contributed by atoms with E-state index in [1.165, 1.54) is 12.1 Å². The first-order valence-corrected chi connectivity index (χ1v) is 10.4. The minimum absolute atomic E-state index is 0.0576. The maximum Gasteiger partial charge on any atom is 0.416 e. The highest BCUT2D eigenvalue weighted by atomic mass is 19.4. The summed E-state index contributed by atoms with van der Waals surface area (Å²) in [7, 11) is 0. The molecule has 2 nitrogen and oxygen atoms in total. The zero-order valence-corrected chi connectivity index (χ0v) is 17.3. The highest BCUT2D eigenvalue weighted by molar-refractivity contribution is 6.12. The Kier molecular flexibility index (Phi) is 4.30. The molecule has 0 saturated heterocycles. The summed E-state index contributed by atoms with van der Waals surface area (Å²) in [4.78, 5) is 13.3. The fraction of sp³-hybridized carbons (Fsp3) is 0.269. The Morgan fingerprint density at radius 1 is 0.935 bits per heavy atom. The van der Waals surface area contributed by atoms with Gasteiger partial charge in [-0.3, -0.25) is 4.79 Å². The van der Waals surface area contributed by atoms with Crippen LogP contribution in [0.5, 0.6) is 0 Å². The third kappa shape index (κ3) is 3.32. The summed E-state index contributed by atoms with van der Waals surface area (Å²) in [5.74, 6) is 0.0576. The molecule has 0 radical (unpaired) electrons. The van der Waals surface area contributed by atoms with E-state index in [0.29, 0.717) is 17.6 Å². The third-order valence-electron chi connectivity index (χ3n) is 6.31. The van der Waals surface area contributed by atoms with E-state index in [0.717, 1.165) is 46.1 Å². The summed E-state index contributed by atoms with van der Waals surface area (Å²) < 4.78 is 39.1. The van der Waals surface area contributed by atoms with Gasteiger partial charge < -0.3 is 5.32 Å². The fourth-order valence-electron chi connectivity index (χ4n) is 4.95. The second-order valence-corrected chi connectivity index (χ2v) is 9.24. The fourth-order valence-corrected chi connectivity index (χ4v) is 4.95. The number of hydrogen-bond acceptors (Lipinski definition) is 2.